The first-order valence-electron chi connectivity index (χ1n) is 5.59. The zero-order valence-corrected chi connectivity index (χ0v) is 9.77. The van der Waals surface area contributed by atoms with Gasteiger partial charge in [-0.15, -0.1) is 0 Å². The minimum absolute atomic E-state index is 0.132. The van der Waals surface area contributed by atoms with Gasteiger partial charge in [-0.2, -0.15) is 0 Å². The van der Waals surface area contributed by atoms with Crippen LogP contribution in [0.4, 0.5) is 0 Å². The predicted octanol–water partition coefficient (Wildman–Crippen LogP) is 3.54. The van der Waals surface area contributed by atoms with Crippen molar-refractivity contribution in [2.45, 2.75) is 39.6 Å². The molecule has 0 fully saturated rings. The number of benzene rings is 1. The Bertz CT molecular complexity index is 258. The maximum absolute atomic E-state index is 5.80. The van der Waals surface area contributed by atoms with Crippen LogP contribution in [0.5, 0.6) is 0 Å². The molecule has 0 radical (unpaired) electrons. The second-order valence-electron chi connectivity index (χ2n) is 3.47. The van der Waals surface area contributed by atoms with Gasteiger partial charge in [0.1, 0.15) is 0 Å². The van der Waals surface area contributed by atoms with Gasteiger partial charge in [-0.05, 0) is 25.8 Å². The first-order valence-corrected chi connectivity index (χ1v) is 5.59. The van der Waals surface area contributed by atoms with E-state index in [4.69, 9.17) is 9.47 Å². The van der Waals surface area contributed by atoms with E-state index in [9.17, 15) is 0 Å². The first-order chi connectivity index (χ1) is 7.27. The minimum Gasteiger partial charge on any atom is -0.353 e. The molecule has 1 aromatic carbocycles. The largest absolute Gasteiger partial charge is 0.353 e. The highest BCUT2D eigenvalue weighted by molar-refractivity contribution is 5.17. The van der Waals surface area contributed by atoms with E-state index in [1.165, 1.54) is 5.56 Å². The molecule has 2 unspecified atom stereocenters. The van der Waals surface area contributed by atoms with E-state index in [2.05, 4.69) is 19.1 Å². The predicted molar refractivity (Wildman–Crippen MR) is 61.6 cm³/mol. The van der Waals surface area contributed by atoms with E-state index in [-0.39, 0.29) is 12.4 Å². The molecule has 2 nitrogen and oxygen atoms in total. The molecule has 0 saturated heterocycles. The minimum atomic E-state index is -0.139. The molecule has 1 aromatic rings. The van der Waals surface area contributed by atoms with Crippen molar-refractivity contribution in [3.63, 3.8) is 0 Å². The average molecular weight is 208 g/mol. The van der Waals surface area contributed by atoms with E-state index < -0.39 is 0 Å². The van der Waals surface area contributed by atoms with E-state index in [0.717, 1.165) is 6.42 Å². The second-order valence-corrected chi connectivity index (χ2v) is 3.47. The first kappa shape index (κ1) is 12.2. The maximum Gasteiger partial charge on any atom is 0.155 e. The van der Waals surface area contributed by atoms with Crippen LogP contribution in [0.15, 0.2) is 30.3 Å². The van der Waals surface area contributed by atoms with E-state index >= 15 is 0 Å². The Morgan fingerprint density at radius 1 is 1.13 bits per heavy atom. The summed E-state index contributed by atoms with van der Waals surface area (Å²) in [6.45, 7) is 6.72. The monoisotopic (exact) mass is 208 g/mol. The molecule has 0 spiro atoms. The molecule has 0 N–H and O–H groups in total. The Kier molecular flexibility index (Phi) is 5.37. The summed E-state index contributed by atoms with van der Waals surface area (Å²) in [6.07, 6.45) is 0.953. The van der Waals surface area contributed by atoms with Crippen LogP contribution >= 0.6 is 0 Å². The third kappa shape index (κ3) is 4.02. The van der Waals surface area contributed by atoms with Crippen LogP contribution in [-0.4, -0.2) is 12.9 Å². The SMILES string of the molecule is CCOC(C)OC(CC)c1ccccc1. The van der Waals surface area contributed by atoms with Crippen molar-refractivity contribution in [1.82, 2.24) is 0 Å². The van der Waals surface area contributed by atoms with Gasteiger partial charge in [-0.1, -0.05) is 37.3 Å². The van der Waals surface area contributed by atoms with Crippen LogP contribution in [-0.2, 0) is 9.47 Å². The van der Waals surface area contributed by atoms with Crippen LogP contribution in [0.1, 0.15) is 38.9 Å². The van der Waals surface area contributed by atoms with Gasteiger partial charge in [0.05, 0.1) is 6.10 Å². The van der Waals surface area contributed by atoms with Gasteiger partial charge in [0.25, 0.3) is 0 Å². The summed E-state index contributed by atoms with van der Waals surface area (Å²) >= 11 is 0. The quantitative estimate of drug-likeness (QED) is 0.666. The molecule has 0 aliphatic rings. The zero-order valence-electron chi connectivity index (χ0n) is 9.77. The number of rotatable bonds is 6. The van der Waals surface area contributed by atoms with Crippen molar-refractivity contribution in [1.29, 1.82) is 0 Å². The van der Waals surface area contributed by atoms with E-state index in [0.29, 0.717) is 6.61 Å². The van der Waals surface area contributed by atoms with Gasteiger partial charge >= 0.3 is 0 Å². The lowest BCUT2D eigenvalue weighted by molar-refractivity contribution is -0.159. The molecule has 0 bridgehead atoms. The molecule has 15 heavy (non-hydrogen) atoms. The Hall–Kier alpha value is -0.860. The van der Waals surface area contributed by atoms with Crippen molar-refractivity contribution in [2.75, 3.05) is 6.61 Å². The van der Waals surface area contributed by atoms with E-state index in [1.807, 2.05) is 32.0 Å². The third-order valence-corrected chi connectivity index (χ3v) is 2.30. The molecule has 0 heterocycles. The van der Waals surface area contributed by atoms with Crippen LogP contribution < -0.4 is 0 Å². The maximum atomic E-state index is 5.80. The topological polar surface area (TPSA) is 18.5 Å². The zero-order chi connectivity index (χ0) is 11.1. The summed E-state index contributed by atoms with van der Waals surface area (Å²) in [7, 11) is 0. The van der Waals surface area contributed by atoms with Crippen molar-refractivity contribution >= 4 is 0 Å². The summed E-state index contributed by atoms with van der Waals surface area (Å²) in [4.78, 5) is 0. The molecule has 84 valence electrons. The van der Waals surface area contributed by atoms with Crippen molar-refractivity contribution in [3.8, 4) is 0 Å². The molecule has 0 aliphatic heterocycles. The Balaban J connectivity index is 2.56. The van der Waals surface area contributed by atoms with E-state index in [1.54, 1.807) is 0 Å². The van der Waals surface area contributed by atoms with Crippen LogP contribution in [0.2, 0.25) is 0 Å². The Morgan fingerprint density at radius 3 is 2.33 bits per heavy atom. The molecule has 1 rings (SSSR count). The lowest BCUT2D eigenvalue weighted by Gasteiger charge is -2.21. The van der Waals surface area contributed by atoms with Crippen molar-refractivity contribution in [2.24, 2.45) is 0 Å². The number of hydrogen-bond donors (Lipinski definition) is 0. The average Bonchev–Trinajstić information content (AvgIpc) is 2.27. The van der Waals surface area contributed by atoms with Crippen LogP contribution in [0.3, 0.4) is 0 Å². The summed E-state index contributed by atoms with van der Waals surface area (Å²) < 4.78 is 11.2. The summed E-state index contributed by atoms with van der Waals surface area (Å²) in [5.41, 5.74) is 1.21. The fourth-order valence-electron chi connectivity index (χ4n) is 1.58. The number of ether oxygens (including phenoxy) is 2. The molecule has 0 aliphatic carbocycles. The lowest BCUT2D eigenvalue weighted by Crippen LogP contribution is -2.16. The second kappa shape index (κ2) is 6.59. The summed E-state index contributed by atoms with van der Waals surface area (Å²) in [6, 6.07) is 10.3. The molecular weight excluding hydrogens is 188 g/mol. The van der Waals surface area contributed by atoms with Crippen LogP contribution in [0.25, 0.3) is 0 Å². The Labute approximate surface area is 92.2 Å². The molecule has 2 heteroatoms. The fourth-order valence-corrected chi connectivity index (χ4v) is 1.58. The van der Waals surface area contributed by atoms with Crippen molar-refractivity contribution in [3.05, 3.63) is 35.9 Å². The highest BCUT2D eigenvalue weighted by Gasteiger charge is 2.12. The van der Waals surface area contributed by atoms with Gasteiger partial charge in [0.15, 0.2) is 6.29 Å². The lowest BCUT2D eigenvalue weighted by atomic mass is 10.1. The van der Waals surface area contributed by atoms with Gasteiger partial charge in [0, 0.05) is 6.61 Å². The molecule has 0 saturated carbocycles. The molecular formula is C13H20O2. The van der Waals surface area contributed by atoms with Gasteiger partial charge in [-0.3, -0.25) is 0 Å². The van der Waals surface area contributed by atoms with Gasteiger partial charge in [0.2, 0.25) is 0 Å². The number of hydrogen-bond acceptors (Lipinski definition) is 2. The smallest absolute Gasteiger partial charge is 0.155 e. The van der Waals surface area contributed by atoms with Crippen LogP contribution in [0, 0.1) is 0 Å². The normalized spacial score (nSPS) is 14.9. The Morgan fingerprint density at radius 2 is 1.80 bits per heavy atom. The van der Waals surface area contributed by atoms with Gasteiger partial charge in [-0.25, -0.2) is 0 Å². The third-order valence-electron chi connectivity index (χ3n) is 2.30. The molecule has 2 atom stereocenters. The van der Waals surface area contributed by atoms with Crippen molar-refractivity contribution < 1.29 is 9.47 Å². The standard InChI is InChI=1S/C13H20O2/c1-4-13(15-11(3)14-5-2)12-9-7-6-8-10-12/h6-11,13H,4-5H2,1-3H3. The summed E-state index contributed by atoms with van der Waals surface area (Å²) in [5, 5.41) is 0. The molecule has 0 amide bonds. The fraction of sp³-hybridized carbons (Fsp3) is 0.538. The highest BCUT2D eigenvalue weighted by atomic mass is 16.7. The van der Waals surface area contributed by atoms with Gasteiger partial charge < -0.3 is 9.47 Å². The summed E-state index contributed by atoms with van der Waals surface area (Å²) in [5.74, 6) is 0. The molecule has 0 aromatic heterocycles. The highest BCUT2D eigenvalue weighted by Crippen LogP contribution is 2.22.